The van der Waals surface area contributed by atoms with Gasteiger partial charge in [0.1, 0.15) is 17.5 Å². The average Bonchev–Trinajstić information content (AvgIpc) is 3.23. The predicted molar refractivity (Wildman–Crippen MR) is 144 cm³/mol. The number of allylic oxidation sites excluding steroid dienone is 2. The first-order valence-electron chi connectivity index (χ1n) is 12.2. The molecule has 7 nitrogen and oxygen atoms in total. The smallest absolute Gasteiger partial charge is 0.416 e. The number of aryl methyl sites for hydroxylation is 1. The van der Waals surface area contributed by atoms with Gasteiger partial charge in [0.25, 0.3) is 0 Å². The number of nitrogens with one attached hydrogen (secondary N) is 1. The number of halogens is 1. The van der Waals surface area contributed by atoms with Gasteiger partial charge in [0.05, 0.1) is 19.3 Å². The lowest BCUT2D eigenvalue weighted by Gasteiger charge is -2.35. The molecule has 0 radical (unpaired) electrons. The van der Waals surface area contributed by atoms with Crippen molar-refractivity contribution in [3.63, 3.8) is 0 Å². The van der Waals surface area contributed by atoms with E-state index in [0.29, 0.717) is 35.9 Å². The number of benzene rings is 2. The number of amides is 1. The van der Waals surface area contributed by atoms with Gasteiger partial charge in [-0.05, 0) is 60.4 Å². The quantitative estimate of drug-likeness (QED) is 0.329. The third kappa shape index (κ3) is 6.25. The predicted octanol–water partition coefficient (Wildman–Crippen LogP) is 5.36. The van der Waals surface area contributed by atoms with Gasteiger partial charge >= 0.3 is 6.09 Å². The number of carbonyl (C=O) groups excluding carboxylic acids is 1. The Hall–Kier alpha value is -3.52. The maximum absolute atomic E-state index is 13.4. The molecule has 2 unspecified atom stereocenters. The summed E-state index contributed by atoms with van der Waals surface area (Å²) in [4.78, 5) is 18.6. The monoisotopic (exact) mass is 522 g/mol. The number of nitrogens with zero attached hydrogens (tertiary/aromatic N) is 1. The van der Waals surface area contributed by atoms with Crippen molar-refractivity contribution in [2.75, 3.05) is 19.8 Å². The summed E-state index contributed by atoms with van der Waals surface area (Å²) in [5, 5.41) is 19.0. The molecule has 4 rings (SSSR count). The third-order valence-electron chi connectivity index (χ3n) is 6.35. The summed E-state index contributed by atoms with van der Waals surface area (Å²) in [5.41, 5.74) is 4.86. The second kappa shape index (κ2) is 12.1. The van der Waals surface area contributed by atoms with Gasteiger partial charge in [0.2, 0.25) is 0 Å². The summed E-state index contributed by atoms with van der Waals surface area (Å²) >= 11 is 6.28. The van der Waals surface area contributed by atoms with Gasteiger partial charge < -0.3 is 24.7 Å². The molecule has 0 spiro atoms. The van der Waals surface area contributed by atoms with Gasteiger partial charge in [0.15, 0.2) is 0 Å². The minimum atomic E-state index is -0.807. The van der Waals surface area contributed by atoms with Crippen molar-refractivity contribution in [3.05, 3.63) is 100 Å². The maximum Gasteiger partial charge on any atom is 0.416 e. The van der Waals surface area contributed by atoms with Crippen molar-refractivity contribution in [1.29, 1.82) is 0 Å². The van der Waals surface area contributed by atoms with Crippen molar-refractivity contribution in [1.82, 2.24) is 9.88 Å². The van der Waals surface area contributed by atoms with Crippen LogP contribution in [-0.2, 0) is 6.42 Å². The summed E-state index contributed by atoms with van der Waals surface area (Å²) in [6.45, 7) is 6.17. The number of H-pyrrole nitrogens is 1. The van der Waals surface area contributed by atoms with E-state index in [-0.39, 0.29) is 13.2 Å². The molecule has 1 aliphatic rings. The summed E-state index contributed by atoms with van der Waals surface area (Å²) < 4.78 is 11.4. The lowest BCUT2D eigenvalue weighted by atomic mass is 9.91. The van der Waals surface area contributed by atoms with Crippen LogP contribution < -0.4 is 9.47 Å². The van der Waals surface area contributed by atoms with Gasteiger partial charge in [-0.3, -0.25) is 4.90 Å². The molecule has 0 saturated carbocycles. The normalized spacial score (nSPS) is 16.2. The maximum atomic E-state index is 13.4. The molecule has 0 fully saturated rings. The van der Waals surface area contributed by atoms with E-state index in [1.165, 1.54) is 0 Å². The molecule has 0 aliphatic carbocycles. The largest absolute Gasteiger partial charge is 0.493 e. The molecule has 194 valence electrons. The Morgan fingerprint density at radius 1 is 1.22 bits per heavy atom. The Labute approximate surface area is 221 Å². The zero-order valence-corrected chi connectivity index (χ0v) is 21.4. The van der Waals surface area contributed by atoms with E-state index in [4.69, 9.17) is 26.2 Å². The number of aromatic nitrogens is 1. The zero-order chi connectivity index (χ0) is 26.4. The minimum Gasteiger partial charge on any atom is -0.493 e. The second-order valence-corrected chi connectivity index (χ2v) is 9.30. The fourth-order valence-electron chi connectivity index (χ4n) is 4.47. The first-order chi connectivity index (χ1) is 17.9. The number of aromatic amines is 1. The molecule has 2 heterocycles. The first kappa shape index (κ1) is 26.5. The van der Waals surface area contributed by atoms with Gasteiger partial charge in [-0.2, -0.15) is 0 Å². The summed E-state index contributed by atoms with van der Waals surface area (Å²) in [6.07, 6.45) is 3.22. The van der Waals surface area contributed by atoms with Crippen molar-refractivity contribution >= 4 is 23.8 Å². The Morgan fingerprint density at radius 3 is 2.62 bits per heavy atom. The van der Waals surface area contributed by atoms with Crippen molar-refractivity contribution in [2.45, 2.75) is 31.9 Å². The van der Waals surface area contributed by atoms with Crippen LogP contribution in [0.15, 0.2) is 72.3 Å². The zero-order valence-electron chi connectivity index (χ0n) is 20.7. The number of hydrogen-bond donors (Lipinski definition) is 3. The Bertz CT molecular complexity index is 1250. The van der Waals surface area contributed by atoms with Crippen LogP contribution in [0.4, 0.5) is 4.79 Å². The number of para-hydroxylation sites is 1. The summed E-state index contributed by atoms with van der Waals surface area (Å²) in [7, 11) is 0. The standard InChI is InChI=1S/C29H31ClN2O5/c1-3-21(30)17-26-19(2)31-27-25(26)13-15-32(29(35)37-24-7-5-4-6-8-24)28(27)20-9-11-23(12-10-20)36-16-14-22(34)18-33/h3-12,17,22,28,31,33-34H,1,13-16,18H2,2H3. The Kier molecular flexibility index (Phi) is 8.71. The number of hydrogen-bond acceptors (Lipinski definition) is 5. The minimum absolute atomic E-state index is 0.278. The van der Waals surface area contributed by atoms with Gasteiger partial charge in [-0.1, -0.05) is 54.6 Å². The molecule has 37 heavy (non-hydrogen) atoms. The summed E-state index contributed by atoms with van der Waals surface area (Å²) in [6, 6.07) is 16.1. The molecule has 8 heteroatoms. The SMILES string of the molecule is C=CC(Cl)=Cc1c(C)[nH]c2c1CCN(C(=O)Oc1ccccc1)C2c1ccc(OCCC(O)CO)cc1. The van der Waals surface area contributed by atoms with Crippen molar-refractivity contribution in [3.8, 4) is 11.5 Å². The van der Waals surface area contributed by atoms with Crippen LogP contribution in [0.25, 0.3) is 6.08 Å². The highest BCUT2D eigenvalue weighted by atomic mass is 35.5. The lowest BCUT2D eigenvalue weighted by molar-refractivity contribution is 0.0754. The van der Waals surface area contributed by atoms with Gasteiger partial charge in [-0.15, -0.1) is 0 Å². The second-order valence-electron chi connectivity index (χ2n) is 8.86. The molecule has 1 aliphatic heterocycles. The van der Waals surface area contributed by atoms with Gasteiger partial charge in [-0.25, -0.2) is 4.79 Å². The molecule has 1 aromatic heterocycles. The molecule has 3 aromatic rings. The molecular weight excluding hydrogens is 492 g/mol. The van der Waals surface area contributed by atoms with Crippen LogP contribution in [0, 0.1) is 6.92 Å². The lowest BCUT2D eigenvalue weighted by Crippen LogP contribution is -2.42. The van der Waals surface area contributed by atoms with E-state index in [9.17, 15) is 9.90 Å². The van der Waals surface area contributed by atoms with E-state index in [1.54, 1.807) is 23.1 Å². The summed E-state index contributed by atoms with van der Waals surface area (Å²) in [5.74, 6) is 1.11. The third-order valence-corrected chi connectivity index (χ3v) is 6.61. The fourth-order valence-corrected chi connectivity index (χ4v) is 4.58. The fraction of sp³-hybridized carbons (Fsp3) is 0.276. The first-order valence-corrected chi connectivity index (χ1v) is 12.5. The average molecular weight is 523 g/mol. The number of aliphatic hydroxyl groups excluding tert-OH is 2. The number of ether oxygens (including phenoxy) is 2. The highest BCUT2D eigenvalue weighted by Gasteiger charge is 2.36. The molecule has 2 atom stereocenters. The number of fused-ring (bicyclic) bond motifs is 1. The van der Waals surface area contributed by atoms with Crippen molar-refractivity contribution < 1.29 is 24.5 Å². The van der Waals surface area contributed by atoms with E-state index in [1.807, 2.05) is 55.5 Å². The Balaban J connectivity index is 1.66. The molecule has 3 N–H and O–H groups in total. The highest BCUT2D eigenvalue weighted by molar-refractivity contribution is 6.33. The number of carbonyl (C=O) groups is 1. The molecule has 2 aromatic carbocycles. The number of aliphatic hydroxyl groups is 2. The van der Waals surface area contributed by atoms with Crippen LogP contribution in [0.3, 0.4) is 0 Å². The van der Waals surface area contributed by atoms with Crippen LogP contribution in [0.5, 0.6) is 11.5 Å². The van der Waals surface area contributed by atoms with Crippen molar-refractivity contribution in [2.24, 2.45) is 0 Å². The highest BCUT2D eigenvalue weighted by Crippen LogP contribution is 2.39. The van der Waals surface area contributed by atoms with E-state index >= 15 is 0 Å². The molecule has 0 saturated heterocycles. The van der Waals surface area contributed by atoms with Crippen LogP contribution in [0.2, 0.25) is 0 Å². The van der Waals surface area contributed by atoms with Crippen LogP contribution in [0.1, 0.15) is 40.5 Å². The van der Waals surface area contributed by atoms with Crippen LogP contribution >= 0.6 is 11.6 Å². The molecule has 0 bridgehead atoms. The van der Waals surface area contributed by atoms with E-state index in [0.717, 1.165) is 28.1 Å². The van der Waals surface area contributed by atoms with E-state index in [2.05, 4.69) is 11.6 Å². The Morgan fingerprint density at radius 2 is 1.95 bits per heavy atom. The van der Waals surface area contributed by atoms with Gasteiger partial charge in [0, 0.05) is 29.4 Å². The molecular formula is C29H31ClN2O5. The number of rotatable bonds is 9. The van der Waals surface area contributed by atoms with Crippen LogP contribution in [-0.4, -0.2) is 52.1 Å². The molecule has 1 amide bonds. The topological polar surface area (TPSA) is 95.0 Å². The van der Waals surface area contributed by atoms with E-state index < -0.39 is 18.2 Å².